The normalized spacial score (nSPS) is 14.8. The number of unbranched alkanes of at least 4 members (excludes halogenated alkanes) is 27. The number of phosphoric ester groups is 2. The Balaban J connectivity index is 4.49. The molecule has 0 saturated heterocycles. The largest absolute Gasteiger partial charge is 0.472 e. The molecule has 0 aromatic rings. The molecule has 0 aliphatic rings. The van der Waals surface area contributed by atoms with E-state index < -0.39 is 91.5 Å². The Bertz CT molecular complexity index is 2330. The van der Waals surface area contributed by atoms with Crippen LogP contribution in [0.15, 0.2) is 134 Å². The number of allylic oxidation sites excluding steroid dienone is 22. The summed E-state index contributed by atoms with van der Waals surface area (Å²) in [5, 5.41) is 20.6. The SMILES string of the molecule is CC/C=C\C/C=C\C/C=C\C/C=C\C/C=C\C/C=C\CCCCCCCCCCCCCCC(=O)OCC(O)COP(=O)(O)OCC(O)COP(=O)(O)OCC(COC(=O)CCCCCCCCC/C=C\C/C=C\C/C=C\CC)OC(=O)CCCCCCC/C=C\C/C=C\CCCCC. The van der Waals surface area contributed by atoms with Crippen molar-refractivity contribution in [2.45, 2.75) is 322 Å². The molecule has 5 unspecified atom stereocenters. The van der Waals surface area contributed by atoms with Gasteiger partial charge in [-0.1, -0.05) is 283 Å². The molecule has 568 valence electrons. The number of carbonyl (C=O) groups excluding carboxylic acids is 3. The Hall–Kier alpha value is -4.31. The minimum atomic E-state index is -4.93. The highest BCUT2D eigenvalue weighted by molar-refractivity contribution is 7.47. The molecule has 0 amide bonds. The maximum absolute atomic E-state index is 12.9. The number of hydrogen-bond donors (Lipinski definition) is 4. The second-order valence-corrected chi connectivity index (χ2v) is 28.3. The fourth-order valence-corrected chi connectivity index (χ4v) is 11.6. The van der Waals surface area contributed by atoms with Gasteiger partial charge in [-0.25, -0.2) is 9.13 Å². The predicted molar refractivity (Wildman–Crippen MR) is 408 cm³/mol. The van der Waals surface area contributed by atoms with Crippen molar-refractivity contribution >= 4 is 33.6 Å². The molecule has 0 radical (unpaired) electrons. The summed E-state index contributed by atoms with van der Waals surface area (Å²) in [7, 11) is -9.79. The molecule has 0 aliphatic carbocycles. The molecule has 0 heterocycles. The van der Waals surface area contributed by atoms with E-state index in [1.165, 1.54) is 70.6 Å². The smallest absolute Gasteiger partial charge is 0.463 e. The zero-order valence-corrected chi connectivity index (χ0v) is 63.7. The summed E-state index contributed by atoms with van der Waals surface area (Å²) in [6.45, 7) is 2.40. The highest BCUT2D eigenvalue weighted by Gasteiger charge is 2.29. The summed E-state index contributed by atoms with van der Waals surface area (Å²) in [5.41, 5.74) is 0. The summed E-state index contributed by atoms with van der Waals surface area (Å²) >= 11 is 0. The van der Waals surface area contributed by atoms with Gasteiger partial charge in [-0.2, -0.15) is 0 Å². The summed E-state index contributed by atoms with van der Waals surface area (Å²) in [6.07, 6.45) is 87.9. The Morgan fingerprint density at radius 2 is 0.535 bits per heavy atom. The van der Waals surface area contributed by atoms with Gasteiger partial charge in [0.05, 0.1) is 26.4 Å². The van der Waals surface area contributed by atoms with E-state index in [9.17, 15) is 43.5 Å². The lowest BCUT2D eigenvalue weighted by Crippen LogP contribution is -2.30. The van der Waals surface area contributed by atoms with Gasteiger partial charge in [-0.05, 0) is 135 Å². The van der Waals surface area contributed by atoms with Gasteiger partial charge in [0, 0.05) is 19.3 Å². The van der Waals surface area contributed by atoms with E-state index >= 15 is 0 Å². The van der Waals surface area contributed by atoms with Crippen LogP contribution >= 0.6 is 15.6 Å². The second kappa shape index (κ2) is 73.4. The van der Waals surface area contributed by atoms with E-state index in [1.54, 1.807) is 0 Å². The molecule has 0 bridgehead atoms. The van der Waals surface area contributed by atoms with Crippen molar-refractivity contribution in [1.82, 2.24) is 0 Å². The third-order valence-electron chi connectivity index (χ3n) is 15.8. The molecule has 99 heavy (non-hydrogen) atoms. The van der Waals surface area contributed by atoms with Crippen LogP contribution in [0.1, 0.15) is 303 Å². The van der Waals surface area contributed by atoms with E-state index in [1.807, 2.05) is 0 Å². The Labute approximate surface area is 601 Å². The number of carbonyl (C=O) groups is 3. The van der Waals surface area contributed by atoms with Gasteiger partial charge in [-0.3, -0.25) is 32.5 Å². The van der Waals surface area contributed by atoms with Crippen molar-refractivity contribution in [1.29, 1.82) is 0 Å². The number of phosphoric acid groups is 2. The topological polar surface area (TPSA) is 231 Å². The Morgan fingerprint density at radius 1 is 0.293 bits per heavy atom. The lowest BCUT2D eigenvalue weighted by molar-refractivity contribution is -0.161. The average Bonchev–Trinajstić information content (AvgIpc) is 2.96. The fourth-order valence-electron chi connectivity index (χ4n) is 10.0. The lowest BCUT2D eigenvalue weighted by Gasteiger charge is -2.21. The molecule has 0 rings (SSSR count). The van der Waals surface area contributed by atoms with E-state index in [2.05, 4.69) is 154 Å². The first kappa shape index (κ1) is 94.7. The number of hydrogen-bond acceptors (Lipinski definition) is 14. The maximum Gasteiger partial charge on any atom is 0.472 e. The number of aliphatic hydroxyl groups excluding tert-OH is 2. The Morgan fingerprint density at radius 3 is 0.848 bits per heavy atom. The van der Waals surface area contributed by atoms with Crippen molar-refractivity contribution in [2.75, 3.05) is 39.6 Å². The molecule has 18 heteroatoms. The molecule has 0 aliphatic heterocycles. The van der Waals surface area contributed by atoms with Crippen LogP contribution in [0.25, 0.3) is 0 Å². The third kappa shape index (κ3) is 74.7. The Kier molecular flexibility index (Phi) is 70.2. The first-order chi connectivity index (χ1) is 48.2. The van der Waals surface area contributed by atoms with E-state index in [0.29, 0.717) is 19.3 Å². The van der Waals surface area contributed by atoms with Gasteiger partial charge >= 0.3 is 33.6 Å². The summed E-state index contributed by atoms with van der Waals surface area (Å²) < 4.78 is 61.0. The second-order valence-electron chi connectivity index (χ2n) is 25.4. The molecular weight excluding hydrogens is 1290 g/mol. The molecule has 0 aromatic carbocycles. The van der Waals surface area contributed by atoms with Crippen LogP contribution in [0.2, 0.25) is 0 Å². The van der Waals surface area contributed by atoms with Gasteiger partial charge in [0.25, 0.3) is 0 Å². The van der Waals surface area contributed by atoms with Gasteiger partial charge in [0.1, 0.15) is 25.4 Å². The van der Waals surface area contributed by atoms with Crippen LogP contribution in [0, 0.1) is 0 Å². The van der Waals surface area contributed by atoms with Crippen LogP contribution in [0.3, 0.4) is 0 Å². The fraction of sp³-hybridized carbons (Fsp3) is 0.691. The number of aliphatic hydroxyl groups is 2. The number of rotatable bonds is 72. The highest BCUT2D eigenvalue weighted by Crippen LogP contribution is 2.45. The standard InChI is InChI=1S/C81H138O16P2/c1-4-7-10-13-16-19-22-25-28-30-31-32-33-34-35-36-37-38-39-40-41-42-43-45-48-49-52-55-58-61-64-67-79(84)91-70-76(82)71-93-98(87,88)94-72-77(83)73-95-99(89,90)96-75-78(97-81(86)69-66-63-60-57-54-51-46-27-24-21-18-15-12-9-6-3)74-92-80(85)68-65-62-59-56-53-50-47-44-29-26-23-20-17-14-11-8-5-2/h7-8,10-11,16-21,25-29,31-32,34-35,37-38,46,76-78,82-83H,4-6,9,12-15,22-24,30,33,36,39-45,47-75H2,1-3H3,(H,87,88)(H,89,90)/b10-7-,11-8-,19-16-,20-17-,21-18-,28-25-,29-26-,32-31-,35-34-,38-37-,46-27-. The quantitative estimate of drug-likeness (QED) is 0.0146. The van der Waals surface area contributed by atoms with Crippen LogP contribution in [0.5, 0.6) is 0 Å². The van der Waals surface area contributed by atoms with Gasteiger partial charge in [-0.15, -0.1) is 0 Å². The van der Waals surface area contributed by atoms with Crippen molar-refractivity contribution in [3.8, 4) is 0 Å². The summed E-state index contributed by atoms with van der Waals surface area (Å²) in [4.78, 5) is 58.6. The zero-order valence-electron chi connectivity index (χ0n) is 61.9. The van der Waals surface area contributed by atoms with Crippen molar-refractivity contribution < 1.29 is 75.8 Å². The van der Waals surface area contributed by atoms with Gasteiger partial charge in [0.15, 0.2) is 6.10 Å². The van der Waals surface area contributed by atoms with Crippen LogP contribution in [-0.2, 0) is 55.8 Å². The molecule has 5 atom stereocenters. The van der Waals surface area contributed by atoms with Crippen LogP contribution < -0.4 is 0 Å². The molecule has 4 N–H and O–H groups in total. The average molecular weight is 1430 g/mol. The first-order valence-electron chi connectivity index (χ1n) is 38.5. The molecule has 0 saturated carbocycles. The number of esters is 3. The first-order valence-corrected chi connectivity index (χ1v) is 41.5. The van der Waals surface area contributed by atoms with Crippen molar-refractivity contribution in [3.05, 3.63) is 134 Å². The summed E-state index contributed by atoms with van der Waals surface area (Å²) in [6, 6.07) is 0. The molecule has 0 aromatic heterocycles. The summed E-state index contributed by atoms with van der Waals surface area (Å²) in [5.74, 6) is -1.60. The van der Waals surface area contributed by atoms with Crippen LogP contribution in [-0.4, -0.2) is 95.9 Å². The molecule has 0 spiro atoms. The molecule has 0 fully saturated rings. The zero-order chi connectivity index (χ0) is 72.3. The maximum atomic E-state index is 12.9. The lowest BCUT2D eigenvalue weighted by atomic mass is 10.0. The van der Waals surface area contributed by atoms with E-state index in [-0.39, 0.29) is 19.3 Å². The van der Waals surface area contributed by atoms with Crippen LogP contribution in [0.4, 0.5) is 0 Å². The van der Waals surface area contributed by atoms with Gasteiger partial charge < -0.3 is 34.2 Å². The minimum absolute atomic E-state index is 0.0845. The van der Waals surface area contributed by atoms with E-state index in [4.69, 9.17) is 32.3 Å². The minimum Gasteiger partial charge on any atom is -0.463 e. The van der Waals surface area contributed by atoms with Crippen molar-refractivity contribution in [2.24, 2.45) is 0 Å². The number of ether oxygens (including phenoxy) is 3. The van der Waals surface area contributed by atoms with Crippen molar-refractivity contribution in [3.63, 3.8) is 0 Å². The van der Waals surface area contributed by atoms with Gasteiger partial charge in [0.2, 0.25) is 0 Å². The van der Waals surface area contributed by atoms with E-state index in [0.717, 1.165) is 173 Å². The molecular formula is C81H138O16P2. The third-order valence-corrected chi connectivity index (χ3v) is 17.7. The molecule has 16 nitrogen and oxygen atoms in total. The predicted octanol–water partition coefficient (Wildman–Crippen LogP) is 22.3. The highest BCUT2D eigenvalue weighted by atomic mass is 31.2. The monoisotopic (exact) mass is 1430 g/mol.